The highest BCUT2D eigenvalue weighted by Gasteiger charge is 2.42. The number of hydrogen-bond donors (Lipinski definition) is 3. The van der Waals surface area contributed by atoms with Crippen LogP contribution in [0.5, 0.6) is 0 Å². The number of carbonyl (C=O) groups excluding carboxylic acids is 2. The first kappa shape index (κ1) is 24.8. The van der Waals surface area contributed by atoms with Crippen molar-refractivity contribution >= 4 is 34.0 Å². The first-order valence-electron chi connectivity index (χ1n) is 11.4. The van der Waals surface area contributed by atoms with Crippen LogP contribution in [-0.4, -0.2) is 93.2 Å². The molecule has 32 heavy (non-hydrogen) atoms. The van der Waals surface area contributed by atoms with Crippen LogP contribution < -0.4 is 16.8 Å². The number of likely N-dealkylation sites (N-methyl/N-ethyl adjacent to an activating group) is 2. The number of nitrogen functional groups attached to an aromatic ring is 2. The number of anilines is 2. The predicted octanol–water partition coefficient (Wildman–Crippen LogP) is 1.08. The molecule has 0 saturated carbocycles. The molecule has 1 aliphatic heterocycles. The summed E-state index contributed by atoms with van der Waals surface area (Å²) in [7, 11) is 5.97. The van der Waals surface area contributed by atoms with Crippen LogP contribution in [0.25, 0.3) is 0 Å². The van der Waals surface area contributed by atoms with Gasteiger partial charge in [0.05, 0.1) is 24.8 Å². The van der Waals surface area contributed by atoms with E-state index in [-0.39, 0.29) is 24.4 Å². The van der Waals surface area contributed by atoms with Gasteiger partial charge in [-0.2, -0.15) is 0 Å². The molecule has 1 aromatic heterocycles. The Kier molecular flexibility index (Phi) is 8.37. The molecule has 1 aromatic rings. The molecule has 0 unspecified atom stereocenters. The molecule has 180 valence electrons. The van der Waals surface area contributed by atoms with Gasteiger partial charge >= 0.3 is 6.03 Å². The van der Waals surface area contributed by atoms with Crippen molar-refractivity contribution < 1.29 is 14.3 Å². The lowest BCUT2D eigenvalue weighted by molar-refractivity contribution is -0.136. The number of imide groups is 1. The van der Waals surface area contributed by atoms with Crippen molar-refractivity contribution in [1.82, 2.24) is 20.0 Å². The number of nitrogens with one attached hydrogen (secondary N) is 1. The quantitative estimate of drug-likeness (QED) is 0.491. The van der Waals surface area contributed by atoms with E-state index in [0.717, 1.165) is 24.8 Å². The summed E-state index contributed by atoms with van der Waals surface area (Å²) in [5.41, 5.74) is 14.2. The lowest BCUT2D eigenvalue weighted by atomic mass is 9.74. The van der Waals surface area contributed by atoms with Crippen molar-refractivity contribution in [2.45, 2.75) is 32.2 Å². The number of nitrogens with two attached hydrogens (primary N) is 2. The van der Waals surface area contributed by atoms with Gasteiger partial charge in [0.2, 0.25) is 5.91 Å². The molecule has 10 heteroatoms. The van der Waals surface area contributed by atoms with Crippen LogP contribution in [0.4, 0.5) is 15.5 Å². The van der Waals surface area contributed by atoms with Crippen LogP contribution in [-0.2, 0) is 22.4 Å². The van der Waals surface area contributed by atoms with Crippen molar-refractivity contribution in [2.24, 2.45) is 11.8 Å². The molecule has 1 aliphatic carbocycles. The molecular weight excluding hydrogens is 428 g/mol. The number of ether oxygens (including phenoxy) is 1. The van der Waals surface area contributed by atoms with E-state index in [2.05, 4.69) is 17.3 Å². The van der Waals surface area contributed by atoms with E-state index in [1.807, 2.05) is 25.9 Å². The molecule has 1 saturated heterocycles. The maximum absolute atomic E-state index is 13.5. The van der Waals surface area contributed by atoms with Gasteiger partial charge in [0, 0.05) is 37.2 Å². The maximum Gasteiger partial charge on any atom is 0.324 e. The Morgan fingerprint density at radius 3 is 2.69 bits per heavy atom. The number of piperidine rings is 1. The summed E-state index contributed by atoms with van der Waals surface area (Å²) >= 11 is 1.59. The molecule has 3 rings (SSSR count). The maximum atomic E-state index is 13.5. The Labute approximate surface area is 195 Å². The van der Waals surface area contributed by atoms with E-state index in [1.54, 1.807) is 11.3 Å². The molecule has 5 N–H and O–H groups in total. The highest BCUT2D eigenvalue weighted by atomic mass is 32.1. The van der Waals surface area contributed by atoms with Crippen molar-refractivity contribution in [1.29, 1.82) is 0 Å². The van der Waals surface area contributed by atoms with E-state index in [4.69, 9.17) is 16.2 Å². The van der Waals surface area contributed by atoms with E-state index in [1.165, 1.54) is 9.78 Å². The zero-order chi connectivity index (χ0) is 23.4. The van der Waals surface area contributed by atoms with Gasteiger partial charge in [0.25, 0.3) is 0 Å². The second-order valence-electron chi connectivity index (χ2n) is 9.11. The van der Waals surface area contributed by atoms with Crippen LogP contribution in [0.1, 0.15) is 23.8 Å². The molecule has 3 amide bonds. The Hall–Kier alpha value is -1.88. The number of likely N-dealkylation sites (tertiary alicyclic amines) is 1. The molecular formula is C22H38N6O3S. The highest BCUT2D eigenvalue weighted by molar-refractivity contribution is 7.16. The second kappa shape index (κ2) is 10.8. The fourth-order valence-electron chi connectivity index (χ4n) is 4.86. The van der Waals surface area contributed by atoms with Gasteiger partial charge < -0.3 is 31.3 Å². The summed E-state index contributed by atoms with van der Waals surface area (Å²) in [4.78, 5) is 33.2. The molecule has 0 spiro atoms. The summed E-state index contributed by atoms with van der Waals surface area (Å²) in [5.74, 6) is -0.0424. The minimum absolute atomic E-state index is 0.124. The van der Waals surface area contributed by atoms with Crippen LogP contribution >= 0.6 is 11.3 Å². The van der Waals surface area contributed by atoms with Gasteiger partial charge in [-0.15, -0.1) is 11.3 Å². The zero-order valence-corrected chi connectivity index (χ0v) is 20.5. The third kappa shape index (κ3) is 5.54. The molecule has 1 fully saturated rings. The molecule has 2 aliphatic rings. The number of amides is 3. The normalized spacial score (nSPS) is 23.0. The van der Waals surface area contributed by atoms with Crippen LogP contribution in [0.2, 0.25) is 0 Å². The van der Waals surface area contributed by atoms with Crippen LogP contribution in [0.15, 0.2) is 0 Å². The number of thiophene rings is 1. The van der Waals surface area contributed by atoms with E-state index in [0.29, 0.717) is 55.5 Å². The van der Waals surface area contributed by atoms with Gasteiger partial charge in [0.15, 0.2) is 0 Å². The van der Waals surface area contributed by atoms with Crippen molar-refractivity contribution in [3.63, 3.8) is 0 Å². The minimum Gasteiger partial charge on any atom is -0.396 e. The van der Waals surface area contributed by atoms with Crippen LogP contribution in [0.3, 0.4) is 0 Å². The smallest absolute Gasteiger partial charge is 0.324 e. The molecule has 2 heterocycles. The Morgan fingerprint density at radius 2 is 2.00 bits per heavy atom. The highest BCUT2D eigenvalue weighted by Crippen LogP contribution is 2.44. The van der Waals surface area contributed by atoms with E-state index >= 15 is 0 Å². The Bertz CT molecular complexity index is 814. The zero-order valence-electron chi connectivity index (χ0n) is 19.7. The lowest BCUT2D eigenvalue weighted by Gasteiger charge is -2.45. The first-order chi connectivity index (χ1) is 15.2. The average Bonchev–Trinajstić information content (AvgIpc) is 3.02. The van der Waals surface area contributed by atoms with Crippen LogP contribution in [0, 0.1) is 11.8 Å². The average molecular weight is 467 g/mol. The number of fused-ring (bicyclic) bond motifs is 2. The fourth-order valence-corrected chi connectivity index (χ4v) is 5.93. The fraction of sp³-hybridized carbons (Fsp3) is 0.727. The summed E-state index contributed by atoms with van der Waals surface area (Å²) in [6.07, 6.45) is 2.50. The van der Waals surface area contributed by atoms with Crippen molar-refractivity contribution in [2.75, 3.05) is 72.0 Å². The van der Waals surface area contributed by atoms with Gasteiger partial charge in [-0.1, -0.05) is 0 Å². The monoisotopic (exact) mass is 466 g/mol. The number of urea groups is 1. The molecule has 9 nitrogen and oxygen atoms in total. The third-order valence-electron chi connectivity index (χ3n) is 6.59. The summed E-state index contributed by atoms with van der Waals surface area (Å²) in [6.45, 7) is 4.89. The lowest BCUT2D eigenvalue weighted by Crippen LogP contribution is -2.56. The first-order valence-corrected chi connectivity index (χ1v) is 12.2. The van der Waals surface area contributed by atoms with Gasteiger partial charge in [-0.05, 0) is 58.8 Å². The number of hydrogen-bond acceptors (Lipinski definition) is 8. The van der Waals surface area contributed by atoms with Gasteiger partial charge in [-0.25, -0.2) is 4.79 Å². The standard InChI is InChI=1S/C22H38N6O3S/c1-5-31-9-8-28(22(30)25-6-7-26(2)3)21(29)15-10-14-11-16-18(32-20(24)19(16)23)12-17(14)27(4)13-15/h14-15,17H,5-13,23-24H2,1-4H3,(H,25,30)/t14-,15-,17-/m1/s1. The number of nitrogens with zero attached hydrogens (tertiary/aromatic N) is 3. The molecule has 0 bridgehead atoms. The Balaban J connectivity index is 1.70. The molecule has 3 atom stereocenters. The minimum atomic E-state index is -0.345. The van der Waals surface area contributed by atoms with E-state index in [9.17, 15) is 9.59 Å². The molecule has 0 aromatic carbocycles. The summed E-state index contributed by atoms with van der Waals surface area (Å²) < 4.78 is 5.44. The third-order valence-corrected chi connectivity index (χ3v) is 7.69. The number of rotatable bonds is 8. The van der Waals surface area contributed by atoms with Crippen molar-refractivity contribution in [3.8, 4) is 0 Å². The van der Waals surface area contributed by atoms with E-state index < -0.39 is 0 Å². The van der Waals surface area contributed by atoms with Gasteiger partial charge in [-0.3, -0.25) is 9.69 Å². The number of carbonyl (C=O) groups is 2. The predicted molar refractivity (Wildman–Crippen MR) is 129 cm³/mol. The Morgan fingerprint density at radius 1 is 1.25 bits per heavy atom. The SMILES string of the molecule is CCOCCN(C(=O)NCCN(C)C)C(=O)[C@@H]1C[C@@H]2Cc3c(sc(N)c3N)C[C@H]2N(C)C1. The second-order valence-corrected chi connectivity index (χ2v) is 10.2. The summed E-state index contributed by atoms with van der Waals surface area (Å²) in [6, 6.07) is 0.0249. The largest absolute Gasteiger partial charge is 0.396 e. The topological polar surface area (TPSA) is 117 Å². The molecule has 0 radical (unpaired) electrons. The van der Waals surface area contributed by atoms with Gasteiger partial charge in [0.1, 0.15) is 5.00 Å². The summed E-state index contributed by atoms with van der Waals surface area (Å²) in [5, 5.41) is 3.57. The van der Waals surface area contributed by atoms with Crippen molar-refractivity contribution in [3.05, 3.63) is 10.4 Å².